The van der Waals surface area contributed by atoms with Gasteiger partial charge in [-0.2, -0.15) is 5.10 Å². The molecule has 0 radical (unpaired) electrons. The number of anilines is 1. The fourth-order valence-corrected chi connectivity index (χ4v) is 2.81. The molecular formula is C13H21N3O3. The van der Waals surface area contributed by atoms with Crippen LogP contribution in [0.1, 0.15) is 28.9 Å². The van der Waals surface area contributed by atoms with Gasteiger partial charge in [-0.25, -0.2) is 4.79 Å². The summed E-state index contributed by atoms with van der Waals surface area (Å²) in [5.74, 6) is 0.393. The van der Waals surface area contributed by atoms with E-state index in [9.17, 15) is 9.90 Å². The molecule has 1 saturated heterocycles. The molecule has 0 aromatic carbocycles. The summed E-state index contributed by atoms with van der Waals surface area (Å²) in [5.41, 5.74) is 0.900. The van der Waals surface area contributed by atoms with E-state index in [1.165, 1.54) is 0 Å². The van der Waals surface area contributed by atoms with Gasteiger partial charge in [0.15, 0.2) is 0 Å². The number of aryl methyl sites for hydroxylation is 2. The molecule has 0 atom stereocenters. The molecule has 0 unspecified atom stereocenters. The highest BCUT2D eigenvalue weighted by Gasteiger charge is 2.27. The van der Waals surface area contributed by atoms with E-state index < -0.39 is 5.97 Å². The van der Waals surface area contributed by atoms with Crippen LogP contribution in [-0.2, 0) is 11.8 Å². The zero-order chi connectivity index (χ0) is 14.0. The molecular weight excluding hydrogens is 246 g/mol. The molecule has 1 aliphatic heterocycles. The maximum atomic E-state index is 11.4. The van der Waals surface area contributed by atoms with Crippen molar-refractivity contribution < 1.29 is 14.6 Å². The van der Waals surface area contributed by atoms with Gasteiger partial charge in [0.1, 0.15) is 11.4 Å². The fraction of sp³-hybridized carbons (Fsp3) is 0.692. The topological polar surface area (TPSA) is 67.6 Å². The maximum absolute atomic E-state index is 11.4. The molecule has 0 aliphatic carbocycles. The first kappa shape index (κ1) is 13.9. The van der Waals surface area contributed by atoms with Gasteiger partial charge in [0.05, 0.1) is 5.69 Å². The third-order valence-electron chi connectivity index (χ3n) is 3.72. The Balaban J connectivity index is 2.17. The Bertz CT molecular complexity index is 462. The Kier molecular flexibility index (Phi) is 4.09. The molecule has 19 heavy (non-hydrogen) atoms. The van der Waals surface area contributed by atoms with Crippen molar-refractivity contribution in [2.75, 3.05) is 31.7 Å². The van der Waals surface area contributed by atoms with Gasteiger partial charge in [0.2, 0.25) is 0 Å². The second-order valence-corrected chi connectivity index (χ2v) is 5.10. The number of methoxy groups -OCH3 is 1. The maximum Gasteiger partial charge on any atom is 0.341 e. The lowest BCUT2D eigenvalue weighted by molar-refractivity contribution is 0.0696. The first-order valence-corrected chi connectivity index (χ1v) is 6.55. The van der Waals surface area contributed by atoms with Crippen LogP contribution in [0.4, 0.5) is 5.82 Å². The molecule has 1 fully saturated rings. The van der Waals surface area contributed by atoms with E-state index in [2.05, 4.69) is 10.00 Å². The lowest BCUT2D eigenvalue weighted by Crippen LogP contribution is -2.37. The van der Waals surface area contributed by atoms with Crippen molar-refractivity contribution in [3.05, 3.63) is 11.3 Å². The molecule has 0 amide bonds. The van der Waals surface area contributed by atoms with E-state index in [1.54, 1.807) is 25.8 Å². The van der Waals surface area contributed by atoms with Gasteiger partial charge in [0.25, 0.3) is 0 Å². The third-order valence-corrected chi connectivity index (χ3v) is 3.72. The van der Waals surface area contributed by atoms with Gasteiger partial charge >= 0.3 is 5.97 Å². The number of hydrogen-bond donors (Lipinski definition) is 1. The van der Waals surface area contributed by atoms with Crippen LogP contribution in [-0.4, -0.2) is 47.7 Å². The predicted molar refractivity (Wildman–Crippen MR) is 71.7 cm³/mol. The van der Waals surface area contributed by atoms with Gasteiger partial charge in [-0.05, 0) is 25.7 Å². The van der Waals surface area contributed by atoms with Crippen LogP contribution in [0.15, 0.2) is 0 Å². The number of piperidine rings is 1. The molecule has 2 rings (SSSR count). The number of hydrogen-bond acceptors (Lipinski definition) is 4. The van der Waals surface area contributed by atoms with Crippen molar-refractivity contribution in [2.45, 2.75) is 19.8 Å². The third kappa shape index (κ3) is 2.73. The highest BCUT2D eigenvalue weighted by molar-refractivity contribution is 5.94. The lowest BCUT2D eigenvalue weighted by atomic mass is 9.97. The van der Waals surface area contributed by atoms with Crippen molar-refractivity contribution >= 4 is 11.8 Å². The fourth-order valence-electron chi connectivity index (χ4n) is 2.81. The van der Waals surface area contributed by atoms with E-state index in [0.29, 0.717) is 17.2 Å². The molecule has 0 bridgehead atoms. The van der Waals surface area contributed by atoms with E-state index in [1.807, 2.05) is 0 Å². The Morgan fingerprint density at radius 2 is 2.11 bits per heavy atom. The molecule has 1 aliphatic rings. The van der Waals surface area contributed by atoms with E-state index in [0.717, 1.165) is 38.4 Å². The molecule has 2 heterocycles. The predicted octanol–water partition coefficient (Wildman–Crippen LogP) is 1.29. The van der Waals surface area contributed by atoms with Gasteiger partial charge in [-0.15, -0.1) is 0 Å². The second-order valence-electron chi connectivity index (χ2n) is 5.10. The standard InChI is InChI=1S/C13H21N3O3/c1-9-11(13(17)18)12(15(2)14-9)16-6-4-10(5-7-16)8-19-3/h10H,4-8H2,1-3H3,(H,17,18). The van der Waals surface area contributed by atoms with Crippen LogP contribution in [0.25, 0.3) is 0 Å². The average molecular weight is 267 g/mol. The molecule has 1 aromatic heterocycles. The molecule has 6 heteroatoms. The summed E-state index contributed by atoms with van der Waals surface area (Å²) in [6, 6.07) is 0. The number of carboxylic acids is 1. The van der Waals surface area contributed by atoms with Gasteiger partial charge in [-0.3, -0.25) is 4.68 Å². The second kappa shape index (κ2) is 5.61. The number of aromatic carboxylic acids is 1. The molecule has 0 saturated carbocycles. The zero-order valence-electron chi connectivity index (χ0n) is 11.7. The largest absolute Gasteiger partial charge is 0.477 e. The number of ether oxygens (including phenoxy) is 1. The van der Waals surface area contributed by atoms with Crippen LogP contribution < -0.4 is 4.90 Å². The summed E-state index contributed by atoms with van der Waals surface area (Å²) >= 11 is 0. The molecule has 1 N–H and O–H groups in total. The van der Waals surface area contributed by atoms with Crippen LogP contribution in [0.5, 0.6) is 0 Å². The number of rotatable bonds is 4. The Hall–Kier alpha value is -1.56. The molecule has 106 valence electrons. The SMILES string of the molecule is COCC1CCN(c2c(C(=O)O)c(C)nn2C)CC1. The van der Waals surface area contributed by atoms with E-state index in [4.69, 9.17) is 4.74 Å². The normalized spacial score (nSPS) is 16.9. The number of nitrogens with zero attached hydrogens (tertiary/aromatic N) is 3. The summed E-state index contributed by atoms with van der Waals surface area (Å²) in [7, 11) is 3.52. The van der Waals surface area contributed by atoms with E-state index in [-0.39, 0.29) is 0 Å². The first-order chi connectivity index (χ1) is 9.04. The highest BCUT2D eigenvalue weighted by Crippen LogP contribution is 2.28. The van der Waals surface area contributed by atoms with Crippen molar-refractivity contribution in [3.8, 4) is 0 Å². The highest BCUT2D eigenvalue weighted by atomic mass is 16.5. The van der Waals surface area contributed by atoms with Gasteiger partial charge in [-0.1, -0.05) is 0 Å². The summed E-state index contributed by atoms with van der Waals surface area (Å²) in [6.07, 6.45) is 2.05. The Morgan fingerprint density at radius 1 is 1.47 bits per heavy atom. The average Bonchev–Trinajstić information content (AvgIpc) is 2.66. The van der Waals surface area contributed by atoms with E-state index >= 15 is 0 Å². The van der Waals surface area contributed by atoms with Crippen LogP contribution in [0.3, 0.4) is 0 Å². The summed E-state index contributed by atoms with van der Waals surface area (Å²) in [4.78, 5) is 13.5. The lowest BCUT2D eigenvalue weighted by Gasteiger charge is -2.33. The van der Waals surface area contributed by atoms with Crippen LogP contribution in [0, 0.1) is 12.8 Å². The van der Waals surface area contributed by atoms with Crippen molar-refractivity contribution in [1.82, 2.24) is 9.78 Å². The smallest absolute Gasteiger partial charge is 0.341 e. The minimum Gasteiger partial charge on any atom is -0.477 e. The number of carbonyl (C=O) groups is 1. The monoisotopic (exact) mass is 267 g/mol. The van der Waals surface area contributed by atoms with Gasteiger partial charge in [0, 0.05) is 33.9 Å². The quantitative estimate of drug-likeness (QED) is 0.890. The minimum absolute atomic E-state index is 0.327. The van der Waals surface area contributed by atoms with Crippen LogP contribution >= 0.6 is 0 Å². The summed E-state index contributed by atoms with van der Waals surface area (Å²) < 4.78 is 6.86. The van der Waals surface area contributed by atoms with Crippen molar-refractivity contribution in [2.24, 2.45) is 13.0 Å². The number of aromatic nitrogens is 2. The Labute approximate surface area is 113 Å². The molecule has 1 aromatic rings. The van der Waals surface area contributed by atoms with Crippen LogP contribution in [0.2, 0.25) is 0 Å². The molecule has 6 nitrogen and oxygen atoms in total. The van der Waals surface area contributed by atoms with Crippen molar-refractivity contribution in [3.63, 3.8) is 0 Å². The zero-order valence-corrected chi connectivity index (χ0v) is 11.7. The van der Waals surface area contributed by atoms with Crippen molar-refractivity contribution in [1.29, 1.82) is 0 Å². The minimum atomic E-state index is -0.903. The summed E-state index contributed by atoms with van der Waals surface area (Å²) in [5, 5.41) is 13.6. The Morgan fingerprint density at radius 3 is 2.63 bits per heavy atom. The van der Waals surface area contributed by atoms with Gasteiger partial charge < -0.3 is 14.7 Å². The summed E-state index contributed by atoms with van der Waals surface area (Å²) in [6.45, 7) is 4.23. The molecule has 0 spiro atoms. The number of carboxylic acid groups (broad SMARTS) is 1. The first-order valence-electron chi connectivity index (χ1n) is 6.55.